The Kier molecular flexibility index (Phi) is 5.94. The Morgan fingerprint density at radius 2 is 2.24 bits per heavy atom. The molecule has 0 saturated heterocycles. The average Bonchev–Trinajstić information content (AvgIpc) is 2.34. The lowest BCUT2D eigenvalue weighted by Gasteiger charge is -2.22. The first-order valence-electron chi connectivity index (χ1n) is 6.05. The molecule has 0 radical (unpaired) electrons. The number of anilines is 1. The van der Waals surface area contributed by atoms with Crippen LogP contribution >= 0.6 is 0 Å². The molecule has 0 aliphatic heterocycles. The minimum absolute atomic E-state index is 0.735. The van der Waals surface area contributed by atoms with Crippen molar-refractivity contribution in [2.75, 3.05) is 38.8 Å². The van der Waals surface area contributed by atoms with Crippen molar-refractivity contribution in [1.82, 2.24) is 10.3 Å². The Hall–Kier alpha value is -1.13. The summed E-state index contributed by atoms with van der Waals surface area (Å²) in [4.78, 5) is 6.57. The van der Waals surface area contributed by atoms with Gasteiger partial charge >= 0.3 is 0 Å². The second-order valence-electron chi connectivity index (χ2n) is 4.15. The Balaban J connectivity index is 2.81. The lowest BCUT2D eigenvalue weighted by Crippen LogP contribution is -2.25. The van der Waals surface area contributed by atoms with Gasteiger partial charge in [-0.1, -0.05) is 6.92 Å². The summed E-state index contributed by atoms with van der Waals surface area (Å²) >= 11 is 0. The van der Waals surface area contributed by atoms with E-state index in [4.69, 9.17) is 4.74 Å². The highest BCUT2D eigenvalue weighted by Crippen LogP contribution is 2.19. The number of nitrogens with one attached hydrogen (secondary N) is 1. The van der Waals surface area contributed by atoms with E-state index in [0.29, 0.717) is 0 Å². The molecule has 1 N–H and O–H groups in total. The summed E-state index contributed by atoms with van der Waals surface area (Å²) < 4.78 is 5.11. The summed E-state index contributed by atoms with van der Waals surface area (Å²) in [7, 11) is 3.81. The first-order valence-corrected chi connectivity index (χ1v) is 6.05. The van der Waals surface area contributed by atoms with Crippen molar-refractivity contribution in [2.45, 2.75) is 20.4 Å². The Bertz CT molecular complexity index is 341. The number of hydrogen-bond donors (Lipinski definition) is 1. The van der Waals surface area contributed by atoms with Crippen LogP contribution in [0.15, 0.2) is 12.3 Å². The van der Waals surface area contributed by atoms with Crippen molar-refractivity contribution in [3.8, 4) is 0 Å². The van der Waals surface area contributed by atoms with Gasteiger partial charge in [-0.05, 0) is 19.5 Å². The molecule has 0 amide bonds. The zero-order chi connectivity index (χ0) is 12.7. The second-order valence-corrected chi connectivity index (χ2v) is 4.15. The molecule has 0 bridgehead atoms. The van der Waals surface area contributed by atoms with E-state index in [1.807, 2.05) is 13.1 Å². The maximum absolute atomic E-state index is 5.11. The third kappa shape index (κ3) is 4.32. The largest absolute Gasteiger partial charge is 0.383 e. The molecule has 1 heterocycles. The summed E-state index contributed by atoms with van der Waals surface area (Å²) in [5, 5.41) is 3.34. The van der Waals surface area contributed by atoms with Crippen molar-refractivity contribution < 1.29 is 4.74 Å². The SMILES string of the molecule is CCNCc1cnc(C)cc1N(C)CCOC. The van der Waals surface area contributed by atoms with Gasteiger partial charge < -0.3 is 15.0 Å². The van der Waals surface area contributed by atoms with Crippen molar-refractivity contribution in [1.29, 1.82) is 0 Å². The van der Waals surface area contributed by atoms with Gasteiger partial charge in [-0.25, -0.2) is 0 Å². The molecule has 0 aliphatic carbocycles. The van der Waals surface area contributed by atoms with Gasteiger partial charge in [0.05, 0.1) is 6.61 Å². The van der Waals surface area contributed by atoms with Gasteiger partial charge in [0, 0.05) is 50.4 Å². The summed E-state index contributed by atoms with van der Waals surface area (Å²) in [6.07, 6.45) is 1.95. The molecule has 0 spiro atoms. The van der Waals surface area contributed by atoms with E-state index >= 15 is 0 Å². The van der Waals surface area contributed by atoms with Gasteiger partial charge in [0.25, 0.3) is 0 Å². The fraction of sp³-hybridized carbons (Fsp3) is 0.615. The number of nitrogens with zero attached hydrogens (tertiary/aromatic N) is 2. The van der Waals surface area contributed by atoms with Crippen LogP contribution in [0.25, 0.3) is 0 Å². The highest BCUT2D eigenvalue weighted by Gasteiger charge is 2.08. The zero-order valence-corrected chi connectivity index (χ0v) is 11.3. The summed E-state index contributed by atoms with van der Waals surface area (Å²) in [6, 6.07) is 2.13. The van der Waals surface area contributed by atoms with Crippen LogP contribution in [-0.2, 0) is 11.3 Å². The van der Waals surface area contributed by atoms with Gasteiger partial charge in [0.2, 0.25) is 0 Å². The Morgan fingerprint density at radius 1 is 1.47 bits per heavy atom. The number of methoxy groups -OCH3 is 1. The van der Waals surface area contributed by atoms with Crippen LogP contribution in [0.4, 0.5) is 5.69 Å². The maximum atomic E-state index is 5.11. The van der Waals surface area contributed by atoms with E-state index in [9.17, 15) is 0 Å². The number of ether oxygens (including phenoxy) is 1. The predicted octanol–water partition coefficient (Wildman–Crippen LogP) is 1.58. The van der Waals surface area contributed by atoms with E-state index in [1.165, 1.54) is 11.3 Å². The molecule has 17 heavy (non-hydrogen) atoms. The molecule has 0 aromatic carbocycles. The summed E-state index contributed by atoms with van der Waals surface area (Å²) in [6.45, 7) is 7.57. The van der Waals surface area contributed by atoms with Crippen LogP contribution in [-0.4, -0.2) is 38.8 Å². The van der Waals surface area contributed by atoms with Crippen LogP contribution in [0.5, 0.6) is 0 Å². The third-order valence-corrected chi connectivity index (χ3v) is 2.71. The highest BCUT2D eigenvalue weighted by atomic mass is 16.5. The lowest BCUT2D eigenvalue weighted by atomic mass is 10.2. The summed E-state index contributed by atoms with van der Waals surface area (Å²) in [5.74, 6) is 0. The molecule has 4 nitrogen and oxygen atoms in total. The lowest BCUT2D eigenvalue weighted by molar-refractivity contribution is 0.206. The topological polar surface area (TPSA) is 37.4 Å². The first kappa shape index (κ1) is 13.9. The van der Waals surface area contributed by atoms with E-state index in [-0.39, 0.29) is 0 Å². The van der Waals surface area contributed by atoms with Crippen molar-refractivity contribution in [3.63, 3.8) is 0 Å². The Labute approximate surface area is 104 Å². The number of aryl methyl sites for hydroxylation is 1. The van der Waals surface area contributed by atoms with Gasteiger partial charge in [-0.3, -0.25) is 4.98 Å². The molecule has 0 atom stereocenters. The minimum atomic E-state index is 0.735. The van der Waals surface area contributed by atoms with Crippen molar-refractivity contribution in [2.24, 2.45) is 0 Å². The average molecular weight is 237 g/mol. The first-order chi connectivity index (χ1) is 8.19. The highest BCUT2D eigenvalue weighted by molar-refractivity contribution is 5.53. The number of pyridine rings is 1. The predicted molar refractivity (Wildman–Crippen MR) is 71.5 cm³/mol. The van der Waals surface area contributed by atoms with Crippen LogP contribution in [0.1, 0.15) is 18.2 Å². The van der Waals surface area contributed by atoms with Crippen molar-refractivity contribution >= 4 is 5.69 Å². The molecule has 0 unspecified atom stereocenters. The number of likely N-dealkylation sites (N-methyl/N-ethyl adjacent to an activating group) is 1. The molecule has 1 rings (SSSR count). The fourth-order valence-electron chi connectivity index (χ4n) is 1.67. The van der Waals surface area contributed by atoms with Crippen LogP contribution in [0.3, 0.4) is 0 Å². The monoisotopic (exact) mass is 237 g/mol. The minimum Gasteiger partial charge on any atom is -0.383 e. The standard InChI is InChI=1S/C13H23N3O/c1-5-14-9-12-10-15-11(2)8-13(12)16(3)6-7-17-4/h8,10,14H,5-7,9H2,1-4H3. The molecule has 0 fully saturated rings. The molecule has 96 valence electrons. The van der Waals surface area contributed by atoms with Gasteiger partial charge in [-0.2, -0.15) is 0 Å². The van der Waals surface area contributed by atoms with Crippen LogP contribution in [0.2, 0.25) is 0 Å². The van der Waals surface area contributed by atoms with Crippen molar-refractivity contribution in [3.05, 3.63) is 23.5 Å². The maximum Gasteiger partial charge on any atom is 0.0637 e. The summed E-state index contributed by atoms with van der Waals surface area (Å²) in [5.41, 5.74) is 3.51. The van der Waals surface area contributed by atoms with Gasteiger partial charge in [0.1, 0.15) is 0 Å². The van der Waals surface area contributed by atoms with Gasteiger partial charge in [-0.15, -0.1) is 0 Å². The second kappa shape index (κ2) is 7.25. The number of aromatic nitrogens is 1. The molecule has 0 aliphatic rings. The number of rotatable bonds is 7. The quantitative estimate of drug-likeness (QED) is 0.781. The van der Waals surface area contributed by atoms with E-state index in [2.05, 4.69) is 35.2 Å². The van der Waals surface area contributed by atoms with E-state index < -0.39 is 0 Å². The molecule has 1 aromatic heterocycles. The molecule has 1 aromatic rings. The van der Waals surface area contributed by atoms with Gasteiger partial charge in [0.15, 0.2) is 0 Å². The van der Waals surface area contributed by atoms with Crippen LogP contribution < -0.4 is 10.2 Å². The third-order valence-electron chi connectivity index (χ3n) is 2.71. The number of hydrogen-bond acceptors (Lipinski definition) is 4. The van der Waals surface area contributed by atoms with E-state index in [0.717, 1.165) is 31.9 Å². The van der Waals surface area contributed by atoms with E-state index in [1.54, 1.807) is 7.11 Å². The molecule has 4 heteroatoms. The Morgan fingerprint density at radius 3 is 2.88 bits per heavy atom. The fourth-order valence-corrected chi connectivity index (χ4v) is 1.67. The normalized spacial score (nSPS) is 10.6. The molecular weight excluding hydrogens is 214 g/mol. The molecular formula is C13H23N3O. The molecule has 0 saturated carbocycles. The smallest absolute Gasteiger partial charge is 0.0637 e. The zero-order valence-electron chi connectivity index (χ0n) is 11.3. The van der Waals surface area contributed by atoms with Crippen LogP contribution in [0, 0.1) is 6.92 Å².